The van der Waals surface area contributed by atoms with E-state index in [2.05, 4.69) is 0 Å². The van der Waals surface area contributed by atoms with Gasteiger partial charge in [0.25, 0.3) is 0 Å². The van der Waals surface area contributed by atoms with Gasteiger partial charge in [-0.15, -0.1) is 0 Å². The molecule has 1 fully saturated rings. The van der Waals surface area contributed by atoms with E-state index < -0.39 is 67.1 Å². The number of benzene rings is 2. The Balaban J connectivity index is 1.69. The van der Waals surface area contributed by atoms with E-state index in [9.17, 15) is 24.0 Å². The third-order valence-corrected chi connectivity index (χ3v) is 7.10. The van der Waals surface area contributed by atoms with Crippen molar-refractivity contribution < 1.29 is 47.7 Å². The van der Waals surface area contributed by atoms with Crippen LogP contribution in [-0.2, 0) is 49.5 Å². The summed E-state index contributed by atoms with van der Waals surface area (Å²) in [6.07, 6.45) is 0.714. The van der Waals surface area contributed by atoms with Crippen molar-refractivity contribution in [2.45, 2.75) is 54.0 Å². The predicted octanol–water partition coefficient (Wildman–Crippen LogP) is 4.87. The lowest BCUT2D eigenvalue weighted by Gasteiger charge is -2.42. The van der Waals surface area contributed by atoms with Gasteiger partial charge in [-0.1, -0.05) is 65.0 Å². The van der Waals surface area contributed by atoms with Gasteiger partial charge in [0.05, 0.1) is 29.6 Å². The maximum Gasteiger partial charge on any atom is 0.313 e. The van der Waals surface area contributed by atoms with Crippen LogP contribution in [0.1, 0.15) is 53.0 Å². The van der Waals surface area contributed by atoms with E-state index in [0.29, 0.717) is 24.5 Å². The van der Waals surface area contributed by atoms with Crippen LogP contribution in [0.15, 0.2) is 54.6 Å². The van der Waals surface area contributed by atoms with Gasteiger partial charge in [0.2, 0.25) is 19.5 Å². The van der Waals surface area contributed by atoms with E-state index in [4.69, 9.17) is 23.7 Å². The number of nitrogens with zero attached hydrogens (tertiary/aromatic N) is 1. The smallest absolute Gasteiger partial charge is 0.313 e. The molecule has 238 valence electrons. The Morgan fingerprint density at radius 1 is 0.727 bits per heavy atom. The molecule has 0 N–H and O–H groups in total. The van der Waals surface area contributed by atoms with E-state index in [1.165, 1.54) is 0 Å². The average Bonchev–Trinajstić information content (AvgIpc) is 2.97. The third-order valence-electron chi connectivity index (χ3n) is 7.10. The highest BCUT2D eigenvalue weighted by molar-refractivity contribution is 5.92. The molecule has 2 aromatic carbocycles. The number of carbonyl (C=O) groups is 5. The molecule has 3 rings (SSSR count). The summed E-state index contributed by atoms with van der Waals surface area (Å²) >= 11 is 0. The first kappa shape index (κ1) is 34.1. The van der Waals surface area contributed by atoms with Crippen molar-refractivity contribution in [3.8, 4) is 11.5 Å². The number of para-hydroxylation sites is 1. The van der Waals surface area contributed by atoms with Crippen LogP contribution in [0.25, 0.3) is 0 Å². The Labute approximate surface area is 257 Å². The van der Waals surface area contributed by atoms with Gasteiger partial charge in [-0.3, -0.25) is 24.0 Å². The van der Waals surface area contributed by atoms with Crippen molar-refractivity contribution in [2.75, 3.05) is 20.1 Å². The molecule has 2 aromatic rings. The summed E-state index contributed by atoms with van der Waals surface area (Å²) in [5, 5.41) is 0. The Morgan fingerprint density at radius 2 is 1.27 bits per heavy atom. The fourth-order valence-corrected chi connectivity index (χ4v) is 4.58. The van der Waals surface area contributed by atoms with E-state index in [0.717, 1.165) is 5.56 Å². The number of amides is 1. The van der Waals surface area contributed by atoms with Crippen LogP contribution < -0.4 is 4.74 Å². The van der Waals surface area contributed by atoms with Crippen LogP contribution in [0.3, 0.4) is 0 Å². The zero-order valence-electron chi connectivity index (χ0n) is 25.9. The molecule has 0 heterocycles. The molecule has 11 heteroatoms. The Hall–Kier alpha value is -4.41. The number of carbonyl (C=O) groups excluding carboxylic acids is 5. The van der Waals surface area contributed by atoms with Crippen molar-refractivity contribution >= 4 is 29.8 Å². The second-order valence-electron chi connectivity index (χ2n) is 11.2. The molecule has 0 aliphatic heterocycles. The highest BCUT2D eigenvalue weighted by Crippen LogP contribution is 2.43. The molecule has 0 bridgehead atoms. The number of esters is 4. The van der Waals surface area contributed by atoms with E-state index >= 15 is 0 Å². The molecule has 1 saturated carbocycles. The zero-order chi connectivity index (χ0) is 32.2. The Bertz CT molecular complexity index is 1280. The highest BCUT2D eigenvalue weighted by Gasteiger charge is 2.55. The van der Waals surface area contributed by atoms with E-state index in [1.54, 1.807) is 32.6 Å². The first-order valence-corrected chi connectivity index (χ1v) is 14.8. The lowest BCUT2D eigenvalue weighted by Crippen LogP contribution is -2.54. The SMILES string of the molecule is CCCN(Cc1ccc(Oc2ccccc2)cc1)C(=O)C1CC(C(=O)OCOC(=O)C(C)C)C1C(=O)OCOC(=O)C(C)C. The normalized spacial score (nSPS) is 17.3. The average molecular weight is 612 g/mol. The van der Waals surface area contributed by atoms with E-state index in [1.807, 2.05) is 61.5 Å². The molecule has 0 aromatic heterocycles. The van der Waals surface area contributed by atoms with Gasteiger partial charge < -0.3 is 28.6 Å². The summed E-state index contributed by atoms with van der Waals surface area (Å²) in [5.74, 6) is -5.55. The summed E-state index contributed by atoms with van der Waals surface area (Å²) in [5.41, 5.74) is 0.856. The molecule has 3 unspecified atom stereocenters. The van der Waals surface area contributed by atoms with Gasteiger partial charge in [-0.05, 0) is 42.7 Å². The van der Waals surface area contributed by atoms with Crippen LogP contribution in [0.4, 0.5) is 0 Å². The first-order chi connectivity index (χ1) is 21.0. The highest BCUT2D eigenvalue weighted by atomic mass is 16.7. The Kier molecular flexibility index (Phi) is 12.7. The molecular formula is C33H41NO10. The van der Waals surface area contributed by atoms with Crippen molar-refractivity contribution in [3.63, 3.8) is 0 Å². The van der Waals surface area contributed by atoms with Crippen LogP contribution in [-0.4, -0.2) is 54.8 Å². The summed E-state index contributed by atoms with van der Waals surface area (Å²) in [7, 11) is 0. The lowest BCUT2D eigenvalue weighted by atomic mass is 9.64. The summed E-state index contributed by atoms with van der Waals surface area (Å²) in [4.78, 5) is 64.8. The van der Waals surface area contributed by atoms with Crippen molar-refractivity contribution in [1.82, 2.24) is 4.90 Å². The molecule has 1 aliphatic carbocycles. The zero-order valence-corrected chi connectivity index (χ0v) is 25.9. The molecule has 11 nitrogen and oxygen atoms in total. The van der Waals surface area contributed by atoms with Gasteiger partial charge in [0.15, 0.2) is 0 Å². The molecule has 44 heavy (non-hydrogen) atoms. The van der Waals surface area contributed by atoms with Crippen LogP contribution in [0.5, 0.6) is 11.5 Å². The fourth-order valence-electron chi connectivity index (χ4n) is 4.58. The minimum atomic E-state index is -1.16. The van der Waals surface area contributed by atoms with Gasteiger partial charge in [-0.2, -0.15) is 0 Å². The minimum Gasteiger partial charge on any atom is -0.457 e. The number of hydrogen-bond donors (Lipinski definition) is 0. The van der Waals surface area contributed by atoms with Crippen LogP contribution in [0, 0.1) is 29.6 Å². The molecule has 1 aliphatic rings. The standard InChI is InChI=1S/C33H41NO10/c1-6-16-34(18-23-12-14-25(15-13-23)44-24-10-8-7-9-11-24)29(35)26-17-27(32(38)42-19-40-30(36)21(2)3)28(26)33(39)43-20-41-31(37)22(4)5/h7-15,21-22,26-28H,6,16-20H2,1-5H3. The van der Waals surface area contributed by atoms with Gasteiger partial charge in [-0.25, -0.2) is 0 Å². The van der Waals surface area contributed by atoms with E-state index in [-0.39, 0.29) is 18.9 Å². The van der Waals surface area contributed by atoms with Crippen molar-refractivity contribution in [1.29, 1.82) is 0 Å². The number of hydrogen-bond acceptors (Lipinski definition) is 10. The summed E-state index contributed by atoms with van der Waals surface area (Å²) < 4.78 is 26.0. The molecule has 1 amide bonds. The summed E-state index contributed by atoms with van der Waals surface area (Å²) in [6, 6.07) is 16.7. The van der Waals surface area contributed by atoms with Gasteiger partial charge in [0.1, 0.15) is 11.5 Å². The molecule has 0 radical (unpaired) electrons. The maximum absolute atomic E-state index is 13.7. The van der Waals surface area contributed by atoms with Crippen molar-refractivity contribution in [3.05, 3.63) is 60.2 Å². The second kappa shape index (κ2) is 16.4. The van der Waals surface area contributed by atoms with Gasteiger partial charge >= 0.3 is 23.9 Å². The minimum absolute atomic E-state index is 0.0470. The Morgan fingerprint density at radius 3 is 1.82 bits per heavy atom. The van der Waals surface area contributed by atoms with Crippen LogP contribution >= 0.6 is 0 Å². The quantitative estimate of drug-likeness (QED) is 0.203. The maximum atomic E-state index is 13.7. The predicted molar refractivity (Wildman–Crippen MR) is 158 cm³/mol. The van der Waals surface area contributed by atoms with Crippen molar-refractivity contribution in [2.24, 2.45) is 29.6 Å². The fraction of sp³-hybridized carbons (Fsp3) is 0.485. The van der Waals surface area contributed by atoms with Crippen LogP contribution in [0.2, 0.25) is 0 Å². The third kappa shape index (κ3) is 9.55. The monoisotopic (exact) mass is 611 g/mol. The molecule has 3 atom stereocenters. The largest absolute Gasteiger partial charge is 0.457 e. The second-order valence-corrected chi connectivity index (χ2v) is 11.2. The topological polar surface area (TPSA) is 135 Å². The lowest BCUT2D eigenvalue weighted by molar-refractivity contribution is -0.192. The van der Waals surface area contributed by atoms with Gasteiger partial charge in [0, 0.05) is 13.1 Å². The molecule has 0 saturated heterocycles. The summed E-state index contributed by atoms with van der Waals surface area (Å²) in [6.45, 7) is 7.93. The number of ether oxygens (including phenoxy) is 5. The molecule has 0 spiro atoms. The number of rotatable bonds is 15. The first-order valence-electron chi connectivity index (χ1n) is 14.8. The molecular weight excluding hydrogens is 570 g/mol.